The maximum atomic E-state index is 13.7. The summed E-state index contributed by atoms with van der Waals surface area (Å²) >= 11 is 12.1. The van der Waals surface area contributed by atoms with Crippen LogP contribution in [0.3, 0.4) is 0 Å². The lowest BCUT2D eigenvalue weighted by Crippen LogP contribution is -2.14. The predicted octanol–water partition coefficient (Wildman–Crippen LogP) is 3.40. The lowest BCUT2D eigenvalue weighted by molar-refractivity contribution is 0.102. The number of nitrogens with zero attached hydrogens (tertiary/aromatic N) is 3. The van der Waals surface area contributed by atoms with Crippen LogP contribution in [0, 0.1) is 5.82 Å². The summed E-state index contributed by atoms with van der Waals surface area (Å²) in [5, 5.41) is 19.6. The van der Waals surface area contributed by atoms with E-state index in [0.29, 0.717) is 5.69 Å². The van der Waals surface area contributed by atoms with Crippen LogP contribution in [0.5, 0.6) is 5.75 Å². The minimum atomic E-state index is -0.859. The van der Waals surface area contributed by atoms with Crippen LogP contribution in [0.4, 0.5) is 15.9 Å². The molecular weight excluding hydrogens is 386 g/mol. The van der Waals surface area contributed by atoms with Gasteiger partial charge in [-0.1, -0.05) is 23.2 Å². The summed E-state index contributed by atoms with van der Waals surface area (Å²) in [4.78, 5) is 12.2. The molecule has 11 heteroatoms. The van der Waals surface area contributed by atoms with Crippen LogP contribution in [0.2, 0.25) is 10.0 Å². The number of carbonyl (C=O) groups is 1. The van der Waals surface area contributed by atoms with Crippen LogP contribution < -0.4 is 15.4 Å². The zero-order valence-corrected chi connectivity index (χ0v) is 14.3. The van der Waals surface area contributed by atoms with Gasteiger partial charge < -0.3 is 15.4 Å². The number of aromatic nitrogens is 4. The summed E-state index contributed by atoms with van der Waals surface area (Å²) in [5.41, 5.74) is 0.743. The van der Waals surface area contributed by atoms with Crippen molar-refractivity contribution in [2.75, 3.05) is 10.6 Å². The van der Waals surface area contributed by atoms with Crippen molar-refractivity contribution in [1.82, 2.24) is 20.4 Å². The molecule has 0 saturated heterocycles. The van der Waals surface area contributed by atoms with Gasteiger partial charge >= 0.3 is 0 Å². The summed E-state index contributed by atoms with van der Waals surface area (Å²) in [5.74, 6) is -0.570. The number of nitrogens with one attached hydrogen (secondary N) is 3. The Morgan fingerprint density at radius 2 is 2.15 bits per heavy atom. The average Bonchev–Trinajstić information content (AvgIpc) is 3.27. The molecule has 0 bridgehead atoms. The van der Waals surface area contributed by atoms with E-state index in [9.17, 15) is 9.18 Å². The minimum Gasteiger partial charge on any atom is -0.462 e. The molecule has 0 saturated carbocycles. The second-order valence-corrected chi connectivity index (χ2v) is 6.07. The van der Waals surface area contributed by atoms with Gasteiger partial charge in [0.05, 0.1) is 27.5 Å². The highest BCUT2D eigenvalue weighted by Crippen LogP contribution is 2.41. The Kier molecular flexibility index (Phi) is 4.09. The number of benzene rings is 1. The molecule has 3 heterocycles. The summed E-state index contributed by atoms with van der Waals surface area (Å²) in [6, 6.07) is 3.95. The molecule has 26 heavy (non-hydrogen) atoms. The standard InChI is InChI=1S/C15H9Cl2FN6O2/c16-7-1-2-8(18)12(17)11(7)15-22-13-10(26-15)3-9(23-24-13)14(25)21-6-4-19-20-5-6/h1-5,15H,(H,19,20)(H,21,25)(H,22,24). The van der Waals surface area contributed by atoms with E-state index < -0.39 is 18.0 Å². The first kappa shape index (κ1) is 16.6. The largest absolute Gasteiger partial charge is 0.462 e. The fourth-order valence-electron chi connectivity index (χ4n) is 2.38. The van der Waals surface area contributed by atoms with Gasteiger partial charge in [0.25, 0.3) is 5.91 Å². The van der Waals surface area contributed by atoms with E-state index in [1.165, 1.54) is 24.5 Å². The molecule has 1 atom stereocenters. The number of hydrogen-bond donors (Lipinski definition) is 3. The van der Waals surface area contributed by atoms with Gasteiger partial charge in [0.2, 0.25) is 6.23 Å². The van der Waals surface area contributed by atoms with Crippen molar-refractivity contribution in [3.63, 3.8) is 0 Å². The highest BCUT2D eigenvalue weighted by Gasteiger charge is 2.30. The van der Waals surface area contributed by atoms with E-state index in [4.69, 9.17) is 27.9 Å². The zero-order chi connectivity index (χ0) is 18.3. The highest BCUT2D eigenvalue weighted by molar-refractivity contribution is 6.36. The maximum absolute atomic E-state index is 13.7. The van der Waals surface area contributed by atoms with Crippen LogP contribution in [0.1, 0.15) is 22.3 Å². The Labute approximate surface area is 155 Å². The maximum Gasteiger partial charge on any atom is 0.276 e. The minimum absolute atomic E-state index is 0.0313. The third kappa shape index (κ3) is 2.91. The molecule has 3 aromatic rings. The van der Waals surface area contributed by atoms with Crippen LogP contribution in [0.25, 0.3) is 0 Å². The molecule has 8 nitrogen and oxygen atoms in total. The number of halogens is 3. The van der Waals surface area contributed by atoms with Crippen molar-refractivity contribution >= 4 is 40.6 Å². The van der Waals surface area contributed by atoms with Crippen LogP contribution in [0.15, 0.2) is 30.6 Å². The molecular formula is C15H9Cl2FN6O2. The Balaban J connectivity index is 1.59. The third-order valence-corrected chi connectivity index (χ3v) is 4.32. The van der Waals surface area contributed by atoms with Gasteiger partial charge in [-0.15, -0.1) is 10.2 Å². The van der Waals surface area contributed by atoms with Gasteiger partial charge in [-0.3, -0.25) is 9.89 Å². The number of H-pyrrole nitrogens is 1. The van der Waals surface area contributed by atoms with Crippen molar-refractivity contribution in [3.05, 3.63) is 57.7 Å². The number of hydrogen-bond acceptors (Lipinski definition) is 6. The number of carbonyl (C=O) groups excluding carboxylic acids is 1. The molecule has 1 unspecified atom stereocenters. The molecule has 132 valence electrons. The molecule has 1 amide bonds. The SMILES string of the molecule is O=C(Nc1cn[nH]c1)c1cc2c(nn1)NC(c1c(Cl)ccc(F)c1Cl)O2. The van der Waals surface area contributed by atoms with Crippen molar-refractivity contribution in [2.45, 2.75) is 6.23 Å². The molecule has 2 aromatic heterocycles. The van der Waals surface area contributed by atoms with Gasteiger partial charge in [0, 0.05) is 12.3 Å². The van der Waals surface area contributed by atoms with Crippen molar-refractivity contribution in [3.8, 4) is 5.75 Å². The van der Waals surface area contributed by atoms with Gasteiger partial charge in [0.15, 0.2) is 17.3 Å². The zero-order valence-electron chi connectivity index (χ0n) is 12.8. The third-order valence-electron chi connectivity index (χ3n) is 3.60. The molecule has 0 aliphatic carbocycles. The fraction of sp³-hybridized carbons (Fsp3) is 0.0667. The van der Waals surface area contributed by atoms with Gasteiger partial charge in [-0.25, -0.2) is 4.39 Å². The normalized spacial score (nSPS) is 15.1. The van der Waals surface area contributed by atoms with E-state index in [2.05, 4.69) is 31.0 Å². The lowest BCUT2D eigenvalue weighted by Gasteiger charge is -2.15. The number of anilines is 2. The Bertz CT molecular complexity index is 998. The average molecular weight is 395 g/mol. The molecule has 1 aliphatic heterocycles. The predicted molar refractivity (Wildman–Crippen MR) is 92.0 cm³/mol. The molecule has 1 aromatic carbocycles. The van der Waals surface area contributed by atoms with Crippen molar-refractivity contribution in [2.24, 2.45) is 0 Å². The quantitative estimate of drug-likeness (QED) is 0.588. The fourth-order valence-corrected chi connectivity index (χ4v) is 2.95. The van der Waals surface area contributed by atoms with Crippen LogP contribution in [-0.2, 0) is 0 Å². The summed E-state index contributed by atoms with van der Waals surface area (Å²) < 4.78 is 19.4. The first-order valence-electron chi connectivity index (χ1n) is 7.27. The molecule has 0 radical (unpaired) electrons. The van der Waals surface area contributed by atoms with Gasteiger partial charge in [-0.2, -0.15) is 5.10 Å². The van der Waals surface area contributed by atoms with Crippen LogP contribution >= 0.6 is 23.2 Å². The van der Waals surface area contributed by atoms with E-state index in [1.807, 2.05) is 0 Å². The van der Waals surface area contributed by atoms with E-state index in [-0.39, 0.29) is 32.9 Å². The van der Waals surface area contributed by atoms with E-state index >= 15 is 0 Å². The van der Waals surface area contributed by atoms with Gasteiger partial charge in [-0.05, 0) is 12.1 Å². The second-order valence-electron chi connectivity index (χ2n) is 5.28. The first-order valence-corrected chi connectivity index (χ1v) is 8.03. The van der Waals surface area contributed by atoms with Crippen molar-refractivity contribution in [1.29, 1.82) is 0 Å². The smallest absolute Gasteiger partial charge is 0.276 e. The van der Waals surface area contributed by atoms with E-state index in [1.54, 1.807) is 0 Å². The lowest BCUT2D eigenvalue weighted by atomic mass is 10.2. The second kappa shape index (κ2) is 6.43. The summed E-state index contributed by atoms with van der Waals surface area (Å²) in [6.07, 6.45) is 2.10. The number of fused-ring (bicyclic) bond motifs is 1. The number of ether oxygens (including phenoxy) is 1. The summed E-state index contributed by atoms with van der Waals surface area (Å²) in [7, 11) is 0. The van der Waals surface area contributed by atoms with E-state index in [0.717, 1.165) is 6.07 Å². The number of rotatable bonds is 3. The molecule has 0 spiro atoms. The Morgan fingerprint density at radius 3 is 2.92 bits per heavy atom. The number of amides is 1. The first-order chi connectivity index (χ1) is 12.5. The number of aromatic amines is 1. The molecule has 0 fully saturated rings. The Morgan fingerprint density at radius 1 is 1.31 bits per heavy atom. The molecule has 4 rings (SSSR count). The monoisotopic (exact) mass is 394 g/mol. The molecule has 3 N–H and O–H groups in total. The van der Waals surface area contributed by atoms with Crippen LogP contribution in [-0.4, -0.2) is 26.3 Å². The van der Waals surface area contributed by atoms with Crippen molar-refractivity contribution < 1.29 is 13.9 Å². The van der Waals surface area contributed by atoms with Gasteiger partial charge in [0.1, 0.15) is 5.82 Å². The highest BCUT2D eigenvalue weighted by atomic mass is 35.5. The Hall–Kier alpha value is -2.91. The topological polar surface area (TPSA) is 105 Å². The summed E-state index contributed by atoms with van der Waals surface area (Å²) in [6.45, 7) is 0. The molecule has 1 aliphatic rings.